The number of hydrogen-bond acceptors (Lipinski definition) is 0. The number of pyridine rings is 1. The van der Waals surface area contributed by atoms with Crippen LogP contribution in [-0.2, 0) is 12.5 Å². The summed E-state index contributed by atoms with van der Waals surface area (Å²) in [6.07, 6.45) is 11.0. The highest BCUT2D eigenvalue weighted by Gasteiger charge is 2.51. The minimum atomic E-state index is 0.461. The maximum Gasteiger partial charge on any atom is 0.213 e. The first-order valence-corrected chi connectivity index (χ1v) is 11.8. The van der Waals surface area contributed by atoms with Crippen LogP contribution in [0.25, 0.3) is 22.4 Å². The van der Waals surface area contributed by atoms with Crippen LogP contribution in [0.5, 0.6) is 0 Å². The molecule has 1 heterocycles. The van der Waals surface area contributed by atoms with Gasteiger partial charge in [-0.05, 0) is 96.9 Å². The van der Waals surface area contributed by atoms with E-state index in [1.54, 1.807) is 5.56 Å². The third-order valence-corrected chi connectivity index (χ3v) is 8.42. The molecule has 2 aromatic carbocycles. The number of aryl methyl sites for hydroxylation is 2. The highest BCUT2D eigenvalue weighted by atomic mass is 14.9. The topological polar surface area (TPSA) is 3.88 Å². The first kappa shape index (κ1) is 18.4. The first-order valence-electron chi connectivity index (χ1n) is 11.8. The van der Waals surface area contributed by atoms with E-state index in [9.17, 15) is 0 Å². The predicted octanol–water partition coefficient (Wildman–Crippen LogP) is 6.62. The summed E-state index contributed by atoms with van der Waals surface area (Å²) in [6, 6.07) is 22.9. The molecule has 152 valence electrons. The Labute approximate surface area is 180 Å². The van der Waals surface area contributed by atoms with Gasteiger partial charge < -0.3 is 0 Å². The van der Waals surface area contributed by atoms with E-state index in [1.807, 2.05) is 0 Å². The van der Waals surface area contributed by atoms with Gasteiger partial charge in [-0.1, -0.05) is 42.5 Å². The molecular weight excluding hydrogens is 362 g/mol. The molecular formula is C29H32N+. The highest BCUT2D eigenvalue weighted by molar-refractivity contribution is 5.70. The van der Waals surface area contributed by atoms with Gasteiger partial charge >= 0.3 is 0 Å². The van der Waals surface area contributed by atoms with Crippen molar-refractivity contribution in [3.05, 3.63) is 78.0 Å². The number of hydrogen-bond donors (Lipinski definition) is 0. The molecule has 4 fully saturated rings. The van der Waals surface area contributed by atoms with Gasteiger partial charge in [0.2, 0.25) is 5.69 Å². The van der Waals surface area contributed by atoms with Crippen LogP contribution in [0.1, 0.15) is 49.7 Å². The fourth-order valence-electron chi connectivity index (χ4n) is 7.37. The van der Waals surface area contributed by atoms with Crippen LogP contribution in [0.4, 0.5) is 0 Å². The SMILES string of the molecule is Cc1ccccc1-c1cc(-c2cccc(C34CC5CC(CC(C5)C3)C4)c2)cc[n+]1C. The second-order valence-electron chi connectivity index (χ2n) is 10.5. The third-order valence-electron chi connectivity index (χ3n) is 8.42. The molecule has 0 radical (unpaired) electrons. The van der Waals surface area contributed by atoms with Crippen molar-refractivity contribution < 1.29 is 4.57 Å². The second-order valence-corrected chi connectivity index (χ2v) is 10.5. The molecule has 0 aliphatic heterocycles. The molecule has 1 aromatic heterocycles. The lowest BCUT2D eigenvalue weighted by atomic mass is 9.48. The summed E-state index contributed by atoms with van der Waals surface area (Å²) in [5.74, 6) is 2.97. The quantitative estimate of drug-likeness (QED) is 0.439. The van der Waals surface area contributed by atoms with Crippen molar-refractivity contribution in [2.45, 2.75) is 50.9 Å². The minimum absolute atomic E-state index is 0.461. The molecule has 4 aliphatic rings. The van der Waals surface area contributed by atoms with Crippen molar-refractivity contribution >= 4 is 0 Å². The van der Waals surface area contributed by atoms with E-state index < -0.39 is 0 Å². The summed E-state index contributed by atoms with van der Waals surface area (Å²) in [7, 11) is 2.15. The molecule has 30 heavy (non-hydrogen) atoms. The van der Waals surface area contributed by atoms with Crippen molar-refractivity contribution in [3.63, 3.8) is 0 Å². The molecule has 0 saturated heterocycles. The van der Waals surface area contributed by atoms with E-state index in [4.69, 9.17) is 0 Å². The lowest BCUT2D eigenvalue weighted by molar-refractivity contribution is -0.660. The monoisotopic (exact) mass is 394 g/mol. The molecule has 0 amide bonds. The molecule has 3 aromatic rings. The van der Waals surface area contributed by atoms with E-state index >= 15 is 0 Å². The van der Waals surface area contributed by atoms with Crippen LogP contribution in [-0.4, -0.2) is 0 Å². The van der Waals surface area contributed by atoms with Gasteiger partial charge in [0.05, 0.1) is 0 Å². The molecule has 0 unspecified atom stereocenters. The van der Waals surface area contributed by atoms with Crippen LogP contribution >= 0.6 is 0 Å². The lowest BCUT2D eigenvalue weighted by Crippen LogP contribution is -2.48. The summed E-state index contributed by atoms with van der Waals surface area (Å²) in [5, 5.41) is 0. The van der Waals surface area contributed by atoms with Gasteiger partial charge in [0.25, 0.3) is 0 Å². The third kappa shape index (κ3) is 2.94. The minimum Gasteiger partial charge on any atom is -0.201 e. The van der Waals surface area contributed by atoms with E-state index in [1.165, 1.54) is 66.5 Å². The highest BCUT2D eigenvalue weighted by Crippen LogP contribution is 2.60. The maximum atomic E-state index is 2.53. The molecule has 4 aliphatic carbocycles. The molecule has 4 saturated carbocycles. The van der Waals surface area contributed by atoms with E-state index in [-0.39, 0.29) is 0 Å². The Morgan fingerprint density at radius 2 is 1.43 bits per heavy atom. The Balaban J connectivity index is 1.40. The Morgan fingerprint density at radius 3 is 2.13 bits per heavy atom. The number of rotatable bonds is 3. The number of aromatic nitrogens is 1. The Bertz CT molecular complexity index is 1070. The smallest absolute Gasteiger partial charge is 0.201 e. The summed E-state index contributed by atoms with van der Waals surface area (Å²) in [6.45, 7) is 2.20. The van der Waals surface area contributed by atoms with E-state index in [2.05, 4.69) is 85.4 Å². The second kappa shape index (κ2) is 6.80. The summed E-state index contributed by atoms with van der Waals surface area (Å²) in [5.41, 5.74) is 8.71. The fraction of sp³-hybridized carbons (Fsp3) is 0.414. The molecule has 4 bridgehead atoms. The normalized spacial score (nSPS) is 29.3. The number of benzene rings is 2. The maximum absolute atomic E-state index is 2.53. The van der Waals surface area contributed by atoms with Gasteiger partial charge in [0.1, 0.15) is 7.05 Å². The summed E-state index contributed by atoms with van der Waals surface area (Å²) < 4.78 is 2.24. The Hall–Kier alpha value is -2.41. The fourth-order valence-corrected chi connectivity index (χ4v) is 7.37. The van der Waals surface area contributed by atoms with Crippen LogP contribution in [0.3, 0.4) is 0 Å². The average Bonchev–Trinajstić information content (AvgIpc) is 2.74. The summed E-state index contributed by atoms with van der Waals surface area (Å²) >= 11 is 0. The standard InChI is InChI=1S/C29H32N/c1-20-6-3-4-9-27(20)28-16-25(10-11-30(28)2)24-7-5-8-26(15-24)29-17-21-12-22(18-29)14-23(13-21)19-29/h3-11,15-16,21-23H,12-14,17-19H2,1-2H3/q+1. The molecule has 0 atom stereocenters. The predicted molar refractivity (Wildman–Crippen MR) is 123 cm³/mol. The zero-order chi connectivity index (χ0) is 20.3. The van der Waals surface area contributed by atoms with Gasteiger partial charge in [0, 0.05) is 17.7 Å². The Kier molecular flexibility index (Phi) is 4.17. The zero-order valence-electron chi connectivity index (χ0n) is 18.3. The summed E-state index contributed by atoms with van der Waals surface area (Å²) in [4.78, 5) is 0. The lowest BCUT2D eigenvalue weighted by Gasteiger charge is -2.57. The van der Waals surface area contributed by atoms with Crippen molar-refractivity contribution in [1.82, 2.24) is 0 Å². The number of nitrogens with zero attached hydrogens (tertiary/aromatic N) is 1. The van der Waals surface area contributed by atoms with Crippen LogP contribution in [0.2, 0.25) is 0 Å². The van der Waals surface area contributed by atoms with Crippen molar-refractivity contribution in [2.24, 2.45) is 24.8 Å². The van der Waals surface area contributed by atoms with E-state index in [0.717, 1.165) is 17.8 Å². The van der Waals surface area contributed by atoms with Crippen molar-refractivity contribution in [3.8, 4) is 22.4 Å². The Morgan fingerprint density at radius 1 is 0.767 bits per heavy atom. The molecule has 7 rings (SSSR count). The van der Waals surface area contributed by atoms with Gasteiger partial charge in [0.15, 0.2) is 6.20 Å². The van der Waals surface area contributed by atoms with Gasteiger partial charge in [-0.3, -0.25) is 0 Å². The first-order chi connectivity index (χ1) is 14.6. The van der Waals surface area contributed by atoms with Crippen LogP contribution in [0.15, 0.2) is 66.9 Å². The molecule has 0 spiro atoms. The van der Waals surface area contributed by atoms with Gasteiger partial charge in [-0.25, -0.2) is 4.57 Å². The molecule has 1 nitrogen and oxygen atoms in total. The van der Waals surface area contributed by atoms with Crippen LogP contribution < -0.4 is 4.57 Å². The molecule has 1 heteroatoms. The van der Waals surface area contributed by atoms with Gasteiger partial charge in [-0.15, -0.1) is 0 Å². The van der Waals surface area contributed by atoms with Crippen molar-refractivity contribution in [1.29, 1.82) is 0 Å². The van der Waals surface area contributed by atoms with E-state index in [0.29, 0.717) is 5.41 Å². The largest absolute Gasteiger partial charge is 0.213 e. The zero-order valence-corrected chi connectivity index (χ0v) is 18.3. The van der Waals surface area contributed by atoms with Gasteiger partial charge in [-0.2, -0.15) is 0 Å². The average molecular weight is 395 g/mol. The van der Waals surface area contributed by atoms with Crippen molar-refractivity contribution in [2.75, 3.05) is 0 Å². The molecule has 0 N–H and O–H groups in total. The van der Waals surface area contributed by atoms with Crippen LogP contribution in [0, 0.1) is 24.7 Å².